The van der Waals surface area contributed by atoms with E-state index in [2.05, 4.69) is 10.6 Å². The van der Waals surface area contributed by atoms with E-state index in [1.807, 2.05) is 36.4 Å². The molecule has 6 nitrogen and oxygen atoms in total. The normalized spacial score (nSPS) is 10.5. The molecule has 2 N–H and O–H groups in total. The topological polar surface area (TPSA) is 76.7 Å². The van der Waals surface area contributed by atoms with E-state index >= 15 is 0 Å². The molecule has 0 bridgehead atoms. The average molecular weight is 314 g/mol. The number of ether oxygens (including phenoxy) is 2. The number of amides is 2. The summed E-state index contributed by atoms with van der Waals surface area (Å²) < 4.78 is 9.44. The lowest BCUT2D eigenvalue weighted by molar-refractivity contribution is 0.139. The van der Waals surface area contributed by atoms with Crippen LogP contribution in [-0.4, -0.2) is 26.4 Å². The average Bonchev–Trinajstić information content (AvgIpc) is 2.62. The molecule has 0 spiro atoms. The number of rotatable bonds is 4. The maximum absolute atomic E-state index is 11.9. The maximum atomic E-state index is 11.9. The van der Waals surface area contributed by atoms with Crippen LogP contribution in [0.1, 0.15) is 11.1 Å². The van der Waals surface area contributed by atoms with E-state index in [0.29, 0.717) is 11.1 Å². The number of hydrogen-bond donors (Lipinski definition) is 2. The van der Waals surface area contributed by atoms with E-state index in [1.54, 1.807) is 24.3 Å². The van der Waals surface area contributed by atoms with E-state index in [0.717, 1.165) is 0 Å². The fourth-order valence-corrected chi connectivity index (χ4v) is 2.27. The highest BCUT2D eigenvalue weighted by molar-refractivity contribution is 5.74. The zero-order valence-corrected chi connectivity index (χ0v) is 12.9. The summed E-state index contributed by atoms with van der Waals surface area (Å²) >= 11 is 0. The molecule has 0 heterocycles. The van der Waals surface area contributed by atoms with E-state index in [9.17, 15) is 9.59 Å². The Morgan fingerprint density at radius 1 is 0.739 bits per heavy atom. The van der Waals surface area contributed by atoms with Crippen molar-refractivity contribution in [2.24, 2.45) is 0 Å². The van der Waals surface area contributed by atoms with Crippen molar-refractivity contribution in [2.75, 3.05) is 14.2 Å². The second kappa shape index (κ2) is 7.31. The predicted molar refractivity (Wildman–Crippen MR) is 84.7 cm³/mol. The molecule has 0 saturated heterocycles. The van der Waals surface area contributed by atoms with Gasteiger partial charge in [-0.2, -0.15) is 0 Å². The Bertz CT molecular complexity index is 599. The lowest BCUT2D eigenvalue weighted by Crippen LogP contribution is -2.58. The first kappa shape index (κ1) is 16.4. The molecule has 0 aliphatic heterocycles. The van der Waals surface area contributed by atoms with E-state index < -0.39 is 17.8 Å². The quantitative estimate of drug-likeness (QED) is 0.851. The van der Waals surface area contributed by atoms with Crippen molar-refractivity contribution in [1.29, 1.82) is 0 Å². The summed E-state index contributed by atoms with van der Waals surface area (Å²) in [6, 6.07) is 18.1. The maximum Gasteiger partial charge on any atom is 0.409 e. The summed E-state index contributed by atoms with van der Waals surface area (Å²) in [4.78, 5) is 23.8. The van der Waals surface area contributed by atoms with Crippen LogP contribution in [0, 0.1) is 0 Å². The van der Waals surface area contributed by atoms with Crippen LogP contribution in [0.5, 0.6) is 0 Å². The second-order valence-corrected chi connectivity index (χ2v) is 4.72. The van der Waals surface area contributed by atoms with Crippen LogP contribution in [0.15, 0.2) is 60.7 Å². The minimum atomic E-state index is -1.32. The largest absolute Gasteiger partial charge is 0.453 e. The Hall–Kier alpha value is -3.02. The van der Waals surface area contributed by atoms with Gasteiger partial charge in [-0.3, -0.25) is 10.6 Å². The van der Waals surface area contributed by atoms with E-state index in [4.69, 9.17) is 9.47 Å². The number of carbonyl (C=O) groups excluding carboxylic acids is 2. The van der Waals surface area contributed by atoms with Crippen LogP contribution in [0.2, 0.25) is 0 Å². The van der Waals surface area contributed by atoms with Crippen molar-refractivity contribution < 1.29 is 19.1 Å². The third-order valence-electron chi connectivity index (χ3n) is 3.36. The summed E-state index contributed by atoms with van der Waals surface area (Å²) in [6.45, 7) is 0. The molecule has 2 aromatic rings. The van der Waals surface area contributed by atoms with Crippen molar-refractivity contribution in [2.45, 2.75) is 5.66 Å². The summed E-state index contributed by atoms with van der Waals surface area (Å²) in [7, 11) is 2.52. The third-order valence-corrected chi connectivity index (χ3v) is 3.36. The van der Waals surface area contributed by atoms with Crippen LogP contribution in [0.4, 0.5) is 9.59 Å². The molecule has 2 amide bonds. The molecule has 0 aliphatic carbocycles. The summed E-state index contributed by atoms with van der Waals surface area (Å²) in [5.41, 5.74) is -0.00750. The Morgan fingerprint density at radius 2 is 1.09 bits per heavy atom. The fourth-order valence-electron chi connectivity index (χ4n) is 2.27. The highest BCUT2D eigenvalue weighted by Gasteiger charge is 2.38. The zero-order valence-electron chi connectivity index (χ0n) is 12.9. The Balaban J connectivity index is 2.62. The van der Waals surface area contributed by atoms with Gasteiger partial charge in [0.1, 0.15) is 0 Å². The lowest BCUT2D eigenvalue weighted by Gasteiger charge is -2.35. The Labute approximate surface area is 134 Å². The molecule has 0 atom stereocenters. The molecule has 2 rings (SSSR count). The third kappa shape index (κ3) is 3.60. The van der Waals surface area contributed by atoms with Gasteiger partial charge in [0, 0.05) is 11.1 Å². The molecule has 6 heteroatoms. The van der Waals surface area contributed by atoms with Gasteiger partial charge in [0.2, 0.25) is 0 Å². The monoisotopic (exact) mass is 314 g/mol. The van der Waals surface area contributed by atoms with E-state index in [1.165, 1.54) is 14.2 Å². The van der Waals surface area contributed by atoms with E-state index in [-0.39, 0.29) is 0 Å². The minimum absolute atomic E-state index is 0.655. The van der Waals surface area contributed by atoms with Crippen LogP contribution in [0.25, 0.3) is 0 Å². The number of hydrogen-bond acceptors (Lipinski definition) is 4. The van der Waals surface area contributed by atoms with Gasteiger partial charge < -0.3 is 9.47 Å². The van der Waals surface area contributed by atoms with Crippen molar-refractivity contribution in [3.8, 4) is 0 Å². The smallest absolute Gasteiger partial charge is 0.409 e. The first-order valence-electron chi connectivity index (χ1n) is 6.95. The highest BCUT2D eigenvalue weighted by Crippen LogP contribution is 2.27. The molecule has 0 saturated carbocycles. The Morgan fingerprint density at radius 3 is 1.39 bits per heavy atom. The number of nitrogens with one attached hydrogen (secondary N) is 2. The van der Waals surface area contributed by atoms with Gasteiger partial charge in [0.05, 0.1) is 14.2 Å². The molecule has 0 aromatic heterocycles. The lowest BCUT2D eigenvalue weighted by atomic mass is 9.91. The van der Waals surface area contributed by atoms with Crippen LogP contribution in [0.3, 0.4) is 0 Å². The summed E-state index contributed by atoms with van der Waals surface area (Å²) in [5, 5.41) is 5.41. The van der Waals surface area contributed by atoms with Crippen LogP contribution < -0.4 is 10.6 Å². The first-order chi connectivity index (χ1) is 11.1. The Kier molecular flexibility index (Phi) is 5.19. The van der Waals surface area contributed by atoms with Gasteiger partial charge in [-0.15, -0.1) is 0 Å². The van der Waals surface area contributed by atoms with Crippen molar-refractivity contribution >= 4 is 12.2 Å². The van der Waals surface area contributed by atoms with Gasteiger partial charge in [-0.1, -0.05) is 60.7 Å². The van der Waals surface area contributed by atoms with Crippen LogP contribution in [-0.2, 0) is 15.1 Å². The second-order valence-electron chi connectivity index (χ2n) is 4.72. The van der Waals surface area contributed by atoms with Gasteiger partial charge in [-0.25, -0.2) is 9.59 Å². The SMILES string of the molecule is COC(=O)NC(NC(=O)OC)(c1ccccc1)c1ccccc1. The number of alkyl carbamates (subject to hydrolysis) is 2. The van der Waals surface area contributed by atoms with Gasteiger partial charge in [0.15, 0.2) is 5.66 Å². The van der Waals surface area contributed by atoms with Crippen LogP contribution >= 0.6 is 0 Å². The molecule has 0 aliphatic rings. The van der Waals surface area contributed by atoms with Gasteiger partial charge in [-0.05, 0) is 0 Å². The number of benzene rings is 2. The molecular formula is C17H18N2O4. The fraction of sp³-hybridized carbons (Fsp3) is 0.176. The predicted octanol–water partition coefficient (Wildman–Crippen LogP) is 2.60. The molecule has 2 aromatic carbocycles. The summed E-state index contributed by atoms with van der Waals surface area (Å²) in [6.07, 6.45) is -1.37. The van der Waals surface area contributed by atoms with Crippen molar-refractivity contribution in [3.63, 3.8) is 0 Å². The molecular weight excluding hydrogens is 296 g/mol. The van der Waals surface area contributed by atoms with Crippen molar-refractivity contribution in [1.82, 2.24) is 10.6 Å². The highest BCUT2D eigenvalue weighted by atomic mass is 16.5. The molecule has 0 radical (unpaired) electrons. The molecule has 0 unspecified atom stereocenters. The zero-order chi connectivity index (χ0) is 16.7. The molecule has 120 valence electrons. The van der Waals surface area contributed by atoms with Gasteiger partial charge >= 0.3 is 12.2 Å². The molecule has 23 heavy (non-hydrogen) atoms. The number of methoxy groups -OCH3 is 2. The molecule has 0 fully saturated rings. The minimum Gasteiger partial charge on any atom is -0.453 e. The first-order valence-corrected chi connectivity index (χ1v) is 6.95. The van der Waals surface area contributed by atoms with Crippen molar-refractivity contribution in [3.05, 3.63) is 71.8 Å². The number of carbonyl (C=O) groups is 2. The van der Waals surface area contributed by atoms with Gasteiger partial charge in [0.25, 0.3) is 0 Å². The summed E-state index contributed by atoms with van der Waals surface area (Å²) in [5.74, 6) is 0. The standard InChI is InChI=1S/C17H18N2O4/c1-22-15(20)18-17(19-16(21)23-2,13-9-5-3-6-10-13)14-11-7-4-8-12-14/h3-12H,1-2H3,(H,18,20)(H,19,21).